The number of hydrogen-bond acceptors (Lipinski definition) is 6. The number of amides is 1. The molecule has 0 aliphatic rings. The van der Waals surface area contributed by atoms with Crippen molar-refractivity contribution in [3.8, 4) is 0 Å². The number of primary sulfonamides is 1. The summed E-state index contributed by atoms with van der Waals surface area (Å²) in [5, 5.41) is 7.56. The predicted octanol–water partition coefficient (Wildman–Crippen LogP) is 0.511. The number of benzene rings is 1. The average Bonchev–Trinajstić information content (AvgIpc) is 2.58. The van der Waals surface area contributed by atoms with Crippen LogP contribution < -0.4 is 10.5 Å². The van der Waals surface area contributed by atoms with E-state index in [0.717, 1.165) is 5.69 Å². The Labute approximate surface area is 145 Å². The standard InChI is InChI=1S/C16H17N3O5S/c1-11-2-5-13(9-18-11)16(21)24-10-15(20)19-8-12-3-6-14(7-4-12)25(17,22)23/h2-7,9H,8,10H2,1H3,(H,19,20)(H2,17,22,23). The van der Waals surface area contributed by atoms with Crippen molar-refractivity contribution in [2.45, 2.75) is 18.4 Å². The van der Waals surface area contributed by atoms with Crippen LogP contribution in [0.15, 0.2) is 47.5 Å². The molecule has 2 rings (SSSR count). The van der Waals surface area contributed by atoms with Gasteiger partial charge >= 0.3 is 5.97 Å². The van der Waals surface area contributed by atoms with Crippen LogP contribution in [0.5, 0.6) is 0 Å². The molecule has 2 aromatic rings. The molecule has 0 radical (unpaired) electrons. The van der Waals surface area contributed by atoms with Gasteiger partial charge in [0, 0.05) is 18.4 Å². The Balaban J connectivity index is 1.80. The van der Waals surface area contributed by atoms with Crippen LogP contribution in [0.4, 0.5) is 0 Å². The van der Waals surface area contributed by atoms with E-state index in [-0.39, 0.29) is 17.0 Å². The van der Waals surface area contributed by atoms with Gasteiger partial charge < -0.3 is 10.1 Å². The van der Waals surface area contributed by atoms with Crippen LogP contribution in [-0.2, 0) is 26.1 Å². The fourth-order valence-electron chi connectivity index (χ4n) is 1.85. The molecule has 0 spiro atoms. The number of esters is 1. The molecule has 3 N–H and O–H groups in total. The highest BCUT2D eigenvalue weighted by molar-refractivity contribution is 7.89. The lowest BCUT2D eigenvalue weighted by molar-refractivity contribution is -0.124. The van der Waals surface area contributed by atoms with E-state index < -0.39 is 28.5 Å². The highest BCUT2D eigenvalue weighted by Crippen LogP contribution is 2.08. The maximum absolute atomic E-state index is 11.8. The molecule has 0 aliphatic carbocycles. The summed E-state index contributed by atoms with van der Waals surface area (Å²) in [7, 11) is -3.75. The van der Waals surface area contributed by atoms with E-state index in [1.54, 1.807) is 19.1 Å². The van der Waals surface area contributed by atoms with E-state index in [9.17, 15) is 18.0 Å². The first-order valence-corrected chi connectivity index (χ1v) is 8.78. The van der Waals surface area contributed by atoms with Gasteiger partial charge in [-0.1, -0.05) is 12.1 Å². The van der Waals surface area contributed by atoms with Gasteiger partial charge in [-0.15, -0.1) is 0 Å². The molecule has 9 heteroatoms. The molecule has 132 valence electrons. The normalized spacial score (nSPS) is 11.0. The van der Waals surface area contributed by atoms with Crippen molar-refractivity contribution < 1.29 is 22.7 Å². The molecular formula is C16H17N3O5S. The molecule has 25 heavy (non-hydrogen) atoms. The first-order chi connectivity index (χ1) is 11.8. The number of ether oxygens (including phenoxy) is 1. The maximum atomic E-state index is 11.8. The number of hydrogen-bond donors (Lipinski definition) is 2. The van der Waals surface area contributed by atoms with Gasteiger partial charge in [-0.05, 0) is 36.8 Å². The quantitative estimate of drug-likeness (QED) is 0.720. The smallest absolute Gasteiger partial charge is 0.340 e. The van der Waals surface area contributed by atoms with Gasteiger partial charge in [0.15, 0.2) is 6.61 Å². The number of carbonyl (C=O) groups is 2. The first kappa shape index (κ1) is 18.6. The Hall–Kier alpha value is -2.78. The minimum Gasteiger partial charge on any atom is -0.452 e. The largest absolute Gasteiger partial charge is 0.452 e. The molecule has 1 aromatic heterocycles. The molecule has 8 nitrogen and oxygen atoms in total. The zero-order chi connectivity index (χ0) is 18.4. The van der Waals surface area contributed by atoms with E-state index in [1.807, 2.05) is 0 Å². The van der Waals surface area contributed by atoms with Crippen molar-refractivity contribution in [1.82, 2.24) is 10.3 Å². The number of carbonyl (C=O) groups excluding carboxylic acids is 2. The van der Waals surface area contributed by atoms with Crippen molar-refractivity contribution in [1.29, 1.82) is 0 Å². The fraction of sp³-hybridized carbons (Fsp3) is 0.188. The molecule has 1 aromatic carbocycles. The molecule has 0 saturated carbocycles. The van der Waals surface area contributed by atoms with Gasteiger partial charge in [0.1, 0.15) is 0 Å². The van der Waals surface area contributed by atoms with Crippen LogP contribution in [0.2, 0.25) is 0 Å². The molecule has 0 aliphatic heterocycles. The first-order valence-electron chi connectivity index (χ1n) is 7.24. The number of aromatic nitrogens is 1. The third-order valence-corrected chi connectivity index (χ3v) is 4.15. The molecule has 0 fully saturated rings. The van der Waals surface area contributed by atoms with E-state index in [2.05, 4.69) is 10.3 Å². The number of nitrogens with two attached hydrogens (primary N) is 1. The Morgan fingerprint density at radius 3 is 2.40 bits per heavy atom. The third-order valence-electron chi connectivity index (χ3n) is 3.22. The summed E-state index contributed by atoms with van der Waals surface area (Å²) in [6.45, 7) is 1.52. The lowest BCUT2D eigenvalue weighted by Crippen LogP contribution is -2.28. The van der Waals surface area contributed by atoms with E-state index in [4.69, 9.17) is 9.88 Å². The van der Waals surface area contributed by atoms with Crippen molar-refractivity contribution in [3.05, 3.63) is 59.4 Å². The molecular weight excluding hydrogens is 346 g/mol. The fourth-order valence-corrected chi connectivity index (χ4v) is 2.37. The van der Waals surface area contributed by atoms with E-state index >= 15 is 0 Å². The summed E-state index contributed by atoms with van der Waals surface area (Å²) in [4.78, 5) is 27.4. The second kappa shape index (κ2) is 7.86. The highest BCUT2D eigenvalue weighted by Gasteiger charge is 2.11. The summed E-state index contributed by atoms with van der Waals surface area (Å²) >= 11 is 0. The van der Waals surface area contributed by atoms with Crippen molar-refractivity contribution in [2.24, 2.45) is 5.14 Å². The summed E-state index contributed by atoms with van der Waals surface area (Å²) in [6.07, 6.45) is 1.38. The average molecular weight is 363 g/mol. The second-order valence-electron chi connectivity index (χ2n) is 5.23. The molecule has 1 amide bonds. The number of nitrogens with one attached hydrogen (secondary N) is 1. The minimum absolute atomic E-state index is 0.0109. The van der Waals surface area contributed by atoms with Crippen molar-refractivity contribution in [2.75, 3.05) is 6.61 Å². The number of aryl methyl sites for hydroxylation is 1. The molecule has 1 heterocycles. The van der Waals surface area contributed by atoms with E-state index in [1.165, 1.54) is 30.5 Å². The van der Waals surface area contributed by atoms with Crippen molar-refractivity contribution in [3.63, 3.8) is 0 Å². The zero-order valence-electron chi connectivity index (χ0n) is 13.4. The van der Waals surface area contributed by atoms with Gasteiger partial charge in [-0.2, -0.15) is 0 Å². The Morgan fingerprint density at radius 2 is 1.84 bits per heavy atom. The lowest BCUT2D eigenvalue weighted by atomic mass is 10.2. The van der Waals surface area contributed by atoms with Gasteiger partial charge in [0.05, 0.1) is 10.5 Å². The zero-order valence-corrected chi connectivity index (χ0v) is 14.2. The van der Waals surface area contributed by atoms with Crippen LogP contribution in [0.1, 0.15) is 21.6 Å². The summed E-state index contributed by atoms with van der Waals surface area (Å²) < 4.78 is 27.2. The van der Waals surface area contributed by atoms with Crippen LogP contribution in [0.3, 0.4) is 0 Å². The third kappa shape index (κ3) is 5.66. The topological polar surface area (TPSA) is 128 Å². The SMILES string of the molecule is Cc1ccc(C(=O)OCC(=O)NCc2ccc(S(N)(=O)=O)cc2)cn1. The second-order valence-corrected chi connectivity index (χ2v) is 6.79. The molecule has 0 unspecified atom stereocenters. The monoisotopic (exact) mass is 363 g/mol. The van der Waals surface area contributed by atoms with Crippen LogP contribution in [-0.4, -0.2) is 31.9 Å². The number of rotatable bonds is 6. The van der Waals surface area contributed by atoms with Gasteiger partial charge in [-0.25, -0.2) is 18.4 Å². The highest BCUT2D eigenvalue weighted by atomic mass is 32.2. The summed E-state index contributed by atoms with van der Waals surface area (Å²) in [6, 6.07) is 8.99. The minimum atomic E-state index is -3.75. The van der Waals surface area contributed by atoms with Crippen LogP contribution in [0.25, 0.3) is 0 Å². The van der Waals surface area contributed by atoms with Crippen molar-refractivity contribution >= 4 is 21.9 Å². The Bertz CT molecular complexity index is 862. The Kier molecular flexibility index (Phi) is 5.84. The molecule has 0 atom stereocenters. The van der Waals surface area contributed by atoms with Crippen LogP contribution >= 0.6 is 0 Å². The molecule has 0 saturated heterocycles. The maximum Gasteiger partial charge on any atom is 0.340 e. The van der Waals surface area contributed by atoms with Gasteiger partial charge in [0.2, 0.25) is 10.0 Å². The van der Waals surface area contributed by atoms with Crippen LogP contribution in [0, 0.1) is 6.92 Å². The molecule has 0 bridgehead atoms. The lowest BCUT2D eigenvalue weighted by Gasteiger charge is -2.07. The summed E-state index contributed by atoms with van der Waals surface area (Å²) in [5.41, 5.74) is 1.70. The number of pyridine rings is 1. The van der Waals surface area contributed by atoms with E-state index in [0.29, 0.717) is 5.56 Å². The Morgan fingerprint density at radius 1 is 1.16 bits per heavy atom. The van der Waals surface area contributed by atoms with Gasteiger partial charge in [-0.3, -0.25) is 9.78 Å². The summed E-state index contributed by atoms with van der Waals surface area (Å²) in [5.74, 6) is -1.12. The van der Waals surface area contributed by atoms with Gasteiger partial charge in [0.25, 0.3) is 5.91 Å². The number of nitrogens with zero attached hydrogens (tertiary/aromatic N) is 1. The number of sulfonamides is 1. The predicted molar refractivity (Wildman–Crippen MR) is 88.9 cm³/mol.